The Balaban J connectivity index is 1.74. The monoisotopic (exact) mass is 348 g/mol. The van der Waals surface area contributed by atoms with Gasteiger partial charge in [-0.15, -0.1) is 0 Å². The molecule has 1 saturated heterocycles. The van der Waals surface area contributed by atoms with Crippen molar-refractivity contribution in [1.29, 1.82) is 0 Å². The van der Waals surface area contributed by atoms with E-state index in [1.807, 2.05) is 0 Å². The normalized spacial score (nSPS) is 19.6. The van der Waals surface area contributed by atoms with Crippen LogP contribution in [0.2, 0.25) is 8.26 Å². The predicted octanol–water partition coefficient (Wildman–Crippen LogP) is 3.78. The molecule has 0 aromatic heterocycles. The Hall–Kier alpha value is -1.20. The van der Waals surface area contributed by atoms with Gasteiger partial charge in [-0.05, 0) is 0 Å². The minimum absolute atomic E-state index is 1.14. The molecule has 2 aromatic carbocycles. The molecule has 0 unspecified atom stereocenters. The van der Waals surface area contributed by atoms with E-state index in [1.54, 1.807) is 28.8 Å². The Morgan fingerprint density at radius 3 is 1.67 bits per heavy atom. The molecule has 1 heterocycles. The number of benzene rings is 2. The van der Waals surface area contributed by atoms with E-state index in [0.29, 0.717) is 0 Å². The summed E-state index contributed by atoms with van der Waals surface area (Å²) in [5.74, 6) is 0. The van der Waals surface area contributed by atoms with Crippen molar-refractivity contribution in [3.63, 3.8) is 0 Å². The Morgan fingerprint density at radius 1 is 0.667 bits per heavy atom. The molecule has 5 rings (SSSR count). The van der Waals surface area contributed by atoms with Crippen LogP contribution in [0.25, 0.3) is 12.2 Å². The van der Waals surface area contributed by atoms with E-state index in [1.165, 1.54) is 8.26 Å². The van der Waals surface area contributed by atoms with Crippen LogP contribution in [0.4, 0.5) is 0 Å². The molecule has 0 bridgehead atoms. The fourth-order valence-electron chi connectivity index (χ4n) is 4.23. The van der Waals surface area contributed by atoms with Crippen LogP contribution in [0.5, 0.6) is 0 Å². The van der Waals surface area contributed by atoms with Crippen molar-refractivity contribution in [2.45, 2.75) is 21.1 Å². The SMILES string of the molecule is C1=Cc2c(ccc[c]2[Zr]2([c]3cccc4c3C=CC4)[CH2][CH2]2)C1. The van der Waals surface area contributed by atoms with Crippen LogP contribution >= 0.6 is 0 Å². The summed E-state index contributed by atoms with van der Waals surface area (Å²) in [6.07, 6.45) is 11.7. The van der Waals surface area contributed by atoms with Crippen LogP contribution in [0.1, 0.15) is 22.3 Å². The van der Waals surface area contributed by atoms with Gasteiger partial charge < -0.3 is 0 Å². The van der Waals surface area contributed by atoms with Gasteiger partial charge in [0, 0.05) is 0 Å². The van der Waals surface area contributed by atoms with Gasteiger partial charge in [-0.2, -0.15) is 0 Å². The first-order chi connectivity index (χ1) is 10.4. The summed E-state index contributed by atoms with van der Waals surface area (Å²) in [6, 6.07) is 14.1. The minimum atomic E-state index is -2.29. The first kappa shape index (κ1) is 12.4. The van der Waals surface area contributed by atoms with Crippen molar-refractivity contribution in [1.82, 2.24) is 0 Å². The van der Waals surface area contributed by atoms with Gasteiger partial charge in [-0.25, -0.2) is 0 Å². The van der Waals surface area contributed by atoms with Crippen LogP contribution in [-0.2, 0) is 33.1 Å². The maximum atomic E-state index is 2.45. The topological polar surface area (TPSA) is 0 Å². The number of fused-ring (bicyclic) bond motifs is 2. The second kappa shape index (κ2) is 4.40. The summed E-state index contributed by atoms with van der Waals surface area (Å²) in [4.78, 5) is 0. The summed E-state index contributed by atoms with van der Waals surface area (Å²) < 4.78 is 6.54. The van der Waals surface area contributed by atoms with Crippen LogP contribution in [0, 0.1) is 0 Å². The molecule has 3 aliphatic rings. The zero-order chi connectivity index (χ0) is 13.9. The van der Waals surface area contributed by atoms with E-state index >= 15 is 0 Å². The number of hydrogen-bond donors (Lipinski definition) is 0. The molecule has 0 N–H and O–H groups in total. The quantitative estimate of drug-likeness (QED) is 0.774. The fourth-order valence-corrected chi connectivity index (χ4v) is 17.6. The third-order valence-corrected chi connectivity index (χ3v) is 16.3. The molecule has 1 heteroatoms. The Kier molecular flexibility index (Phi) is 2.59. The zero-order valence-corrected chi connectivity index (χ0v) is 14.6. The van der Waals surface area contributed by atoms with Crippen molar-refractivity contribution < 1.29 is 20.3 Å². The second-order valence-corrected chi connectivity index (χ2v) is 17.0. The Morgan fingerprint density at radius 2 is 1.19 bits per heavy atom. The van der Waals surface area contributed by atoms with Crippen LogP contribution in [0.3, 0.4) is 0 Å². The van der Waals surface area contributed by atoms with Gasteiger partial charge in [0.15, 0.2) is 0 Å². The molecule has 2 aliphatic carbocycles. The van der Waals surface area contributed by atoms with Gasteiger partial charge in [0.05, 0.1) is 0 Å². The van der Waals surface area contributed by atoms with Crippen LogP contribution in [0.15, 0.2) is 48.6 Å². The molecule has 0 nitrogen and oxygen atoms in total. The molecule has 0 amide bonds. The summed E-state index contributed by atoms with van der Waals surface area (Å²) in [5.41, 5.74) is 6.29. The van der Waals surface area contributed by atoms with E-state index in [2.05, 4.69) is 60.7 Å². The van der Waals surface area contributed by atoms with Gasteiger partial charge in [0.2, 0.25) is 0 Å². The van der Waals surface area contributed by atoms with E-state index in [0.717, 1.165) is 12.8 Å². The number of allylic oxidation sites excluding steroid dienone is 2. The maximum absolute atomic E-state index is 2.45. The molecule has 21 heavy (non-hydrogen) atoms. The predicted molar refractivity (Wildman–Crippen MR) is 87.2 cm³/mol. The van der Waals surface area contributed by atoms with Crippen molar-refractivity contribution in [2.75, 3.05) is 0 Å². The van der Waals surface area contributed by atoms with E-state index < -0.39 is 20.3 Å². The third-order valence-electron chi connectivity index (χ3n) is 5.42. The number of rotatable bonds is 2. The van der Waals surface area contributed by atoms with Gasteiger partial charge in [0.1, 0.15) is 0 Å². The van der Waals surface area contributed by atoms with Gasteiger partial charge in [-0.1, -0.05) is 0 Å². The fraction of sp³-hybridized carbons (Fsp3) is 0.200. The Bertz CT molecular complexity index is 741. The number of hydrogen-bond acceptors (Lipinski definition) is 0. The molecule has 2 aromatic rings. The van der Waals surface area contributed by atoms with Crippen LogP contribution in [-0.4, -0.2) is 0 Å². The second-order valence-electron chi connectivity index (χ2n) is 6.55. The van der Waals surface area contributed by atoms with E-state index in [9.17, 15) is 0 Å². The van der Waals surface area contributed by atoms with Crippen molar-refractivity contribution >= 4 is 18.7 Å². The molecule has 0 radical (unpaired) electrons. The molecule has 0 atom stereocenters. The van der Waals surface area contributed by atoms with Crippen LogP contribution < -0.4 is 6.54 Å². The molecule has 1 fully saturated rings. The summed E-state index contributed by atoms with van der Waals surface area (Å²) in [7, 11) is 0. The molecule has 102 valence electrons. The summed E-state index contributed by atoms with van der Waals surface area (Å²) in [6.45, 7) is 0. The van der Waals surface area contributed by atoms with E-state index in [-0.39, 0.29) is 0 Å². The van der Waals surface area contributed by atoms with E-state index in [4.69, 9.17) is 0 Å². The molecular formula is C20H18Zr. The molecular weight excluding hydrogens is 331 g/mol. The zero-order valence-electron chi connectivity index (χ0n) is 12.1. The average Bonchev–Trinajstić information content (AvgIpc) is 2.97. The molecule has 1 aliphatic heterocycles. The standard InChI is InChI=1S/2C9H7.C2H4.Zr/c2*1-2-5-9-7-3-6-8(9)4-1;1-2;/h2*1-4,7H,6H2;1-2H2;. The van der Waals surface area contributed by atoms with Gasteiger partial charge in [-0.3, -0.25) is 0 Å². The Labute approximate surface area is 130 Å². The summed E-state index contributed by atoms with van der Waals surface area (Å²) in [5, 5.41) is 0. The van der Waals surface area contributed by atoms with Crippen molar-refractivity contribution in [3.05, 3.63) is 70.8 Å². The van der Waals surface area contributed by atoms with Gasteiger partial charge >= 0.3 is 131 Å². The molecule has 0 spiro atoms. The van der Waals surface area contributed by atoms with Crippen molar-refractivity contribution in [3.8, 4) is 0 Å². The summed E-state index contributed by atoms with van der Waals surface area (Å²) >= 11 is -2.29. The average molecular weight is 350 g/mol. The molecule has 0 saturated carbocycles. The third kappa shape index (κ3) is 1.70. The first-order valence-corrected chi connectivity index (χ1v) is 13.9. The van der Waals surface area contributed by atoms with Crippen molar-refractivity contribution in [2.24, 2.45) is 0 Å². The first-order valence-electron chi connectivity index (χ1n) is 7.96. The van der Waals surface area contributed by atoms with Gasteiger partial charge in [0.25, 0.3) is 0 Å².